The Hall–Kier alpha value is -2.19. The molecule has 3 atom stereocenters. The van der Waals surface area contributed by atoms with Crippen LogP contribution in [-0.2, 0) is 28.6 Å². The molecule has 0 aliphatic carbocycles. The molecule has 8 nitrogen and oxygen atoms in total. The molecule has 0 radical (unpaired) electrons. The Labute approximate surface area is 293 Å². The van der Waals surface area contributed by atoms with Gasteiger partial charge in [0.05, 0.1) is 12.2 Å². The zero-order valence-corrected chi connectivity index (χ0v) is 30.8. The molecular weight excluding hydrogens is 608 g/mol. The smallest absolute Gasteiger partial charge is 0.306 e. The van der Waals surface area contributed by atoms with Crippen molar-refractivity contribution in [1.29, 1.82) is 0 Å². The van der Waals surface area contributed by atoms with Gasteiger partial charge < -0.3 is 24.4 Å². The summed E-state index contributed by atoms with van der Waals surface area (Å²) >= 11 is 0. The summed E-state index contributed by atoms with van der Waals surface area (Å²) in [6, 6.07) is 0. The van der Waals surface area contributed by atoms with Crippen LogP contribution in [0.4, 0.5) is 0 Å². The van der Waals surface area contributed by atoms with Crippen molar-refractivity contribution in [3.05, 3.63) is 24.3 Å². The molecule has 2 N–H and O–H groups in total. The van der Waals surface area contributed by atoms with Crippen molar-refractivity contribution >= 4 is 18.4 Å². The summed E-state index contributed by atoms with van der Waals surface area (Å²) in [7, 11) is 0. The summed E-state index contributed by atoms with van der Waals surface area (Å²) in [6.07, 6.45) is 32.4. The molecule has 0 heterocycles. The van der Waals surface area contributed by atoms with E-state index in [1.807, 2.05) is 0 Å². The zero-order chi connectivity index (χ0) is 35.3. The van der Waals surface area contributed by atoms with E-state index in [0.717, 1.165) is 116 Å². The predicted octanol–water partition coefficient (Wildman–Crippen LogP) is 9.63. The Balaban J connectivity index is 3.87. The second-order valence-electron chi connectivity index (χ2n) is 13.3. The van der Waals surface area contributed by atoms with Crippen LogP contribution in [0.25, 0.3) is 0 Å². The molecule has 0 fully saturated rings. The van der Waals surface area contributed by atoms with Crippen molar-refractivity contribution in [3.8, 4) is 0 Å². The lowest BCUT2D eigenvalue weighted by Crippen LogP contribution is -2.29. The van der Waals surface area contributed by atoms with E-state index < -0.39 is 6.10 Å². The summed E-state index contributed by atoms with van der Waals surface area (Å²) in [5.41, 5.74) is 0. The minimum absolute atomic E-state index is 0.123. The summed E-state index contributed by atoms with van der Waals surface area (Å²) in [4.78, 5) is 35.2. The molecular formula is C40H72O8. The Morgan fingerprint density at radius 3 is 1.52 bits per heavy atom. The van der Waals surface area contributed by atoms with Gasteiger partial charge >= 0.3 is 11.9 Å². The molecule has 0 saturated carbocycles. The van der Waals surface area contributed by atoms with Crippen LogP contribution in [0.1, 0.15) is 181 Å². The second-order valence-corrected chi connectivity index (χ2v) is 13.3. The molecule has 0 aromatic heterocycles. The van der Waals surface area contributed by atoms with E-state index in [0.29, 0.717) is 12.9 Å². The SMILES string of the molecule is CCCCCCC(O)CC=CCCCCCCCC(=O)OCC(COC=O)OC(=O)CCCCCCCC=CCC(O)CCCCCC. The average Bonchev–Trinajstić information content (AvgIpc) is 3.07. The van der Waals surface area contributed by atoms with Gasteiger partial charge in [-0.2, -0.15) is 0 Å². The molecule has 8 heteroatoms. The lowest BCUT2D eigenvalue weighted by Gasteiger charge is -2.17. The van der Waals surface area contributed by atoms with E-state index in [1.54, 1.807) is 0 Å². The molecule has 280 valence electrons. The number of allylic oxidation sites excluding steroid dienone is 2. The number of aliphatic hydroxyl groups excluding tert-OH is 2. The monoisotopic (exact) mass is 681 g/mol. The third-order valence-electron chi connectivity index (χ3n) is 8.51. The highest BCUT2D eigenvalue weighted by molar-refractivity contribution is 5.70. The van der Waals surface area contributed by atoms with Crippen molar-refractivity contribution in [3.63, 3.8) is 0 Å². The molecule has 0 bridgehead atoms. The molecule has 0 aliphatic rings. The average molecular weight is 681 g/mol. The number of carbonyl (C=O) groups excluding carboxylic acids is 3. The van der Waals surface area contributed by atoms with Crippen LogP contribution >= 0.6 is 0 Å². The maximum absolute atomic E-state index is 12.3. The Kier molecular flexibility index (Phi) is 34.5. The molecule has 0 saturated heterocycles. The standard InChI is InChI=1S/C40H72O8/c1-3-5-7-21-27-36(42)29-23-17-13-9-11-15-19-25-31-39(44)47-34-38(33-46-35-41)48-40(45)32-26-20-16-12-10-14-18-24-30-37(43)28-22-8-6-4-2/h17-18,23-24,35-38,42-43H,3-16,19-22,25-34H2,1-2H3. The van der Waals surface area contributed by atoms with Gasteiger partial charge in [0.1, 0.15) is 13.2 Å². The zero-order valence-electron chi connectivity index (χ0n) is 30.8. The van der Waals surface area contributed by atoms with Crippen molar-refractivity contribution < 1.29 is 38.8 Å². The fraction of sp³-hybridized carbons (Fsp3) is 0.825. The van der Waals surface area contributed by atoms with Crippen LogP contribution in [-0.4, -0.2) is 60.1 Å². The Bertz CT molecular complexity index is 796. The highest BCUT2D eigenvalue weighted by Crippen LogP contribution is 2.13. The molecule has 0 aromatic carbocycles. The lowest BCUT2D eigenvalue weighted by atomic mass is 10.1. The molecule has 0 rings (SSSR count). The van der Waals surface area contributed by atoms with Crippen LogP contribution in [0.5, 0.6) is 0 Å². The maximum Gasteiger partial charge on any atom is 0.306 e. The van der Waals surface area contributed by atoms with Gasteiger partial charge in [-0.1, -0.05) is 128 Å². The van der Waals surface area contributed by atoms with E-state index >= 15 is 0 Å². The summed E-state index contributed by atoms with van der Waals surface area (Å²) in [5.74, 6) is -0.720. The molecule has 48 heavy (non-hydrogen) atoms. The molecule has 0 amide bonds. The van der Waals surface area contributed by atoms with Gasteiger partial charge in [-0.05, 0) is 64.2 Å². The van der Waals surface area contributed by atoms with E-state index in [9.17, 15) is 24.6 Å². The number of hydrogen-bond acceptors (Lipinski definition) is 8. The third-order valence-corrected chi connectivity index (χ3v) is 8.51. The van der Waals surface area contributed by atoms with Gasteiger partial charge in [0.15, 0.2) is 6.10 Å². The van der Waals surface area contributed by atoms with Crippen molar-refractivity contribution in [2.75, 3.05) is 13.2 Å². The van der Waals surface area contributed by atoms with Crippen LogP contribution < -0.4 is 0 Å². The predicted molar refractivity (Wildman–Crippen MR) is 195 cm³/mol. The molecule has 0 spiro atoms. The molecule has 0 aromatic rings. The summed E-state index contributed by atoms with van der Waals surface area (Å²) < 4.78 is 15.5. The van der Waals surface area contributed by atoms with Gasteiger partial charge in [0.25, 0.3) is 6.47 Å². The normalized spacial score (nSPS) is 13.5. The van der Waals surface area contributed by atoms with Gasteiger partial charge in [0, 0.05) is 12.8 Å². The largest absolute Gasteiger partial charge is 0.464 e. The minimum atomic E-state index is -0.802. The highest BCUT2D eigenvalue weighted by Gasteiger charge is 2.18. The topological polar surface area (TPSA) is 119 Å². The Morgan fingerprint density at radius 2 is 1.02 bits per heavy atom. The fourth-order valence-corrected chi connectivity index (χ4v) is 5.48. The number of carbonyl (C=O) groups is 3. The number of unbranched alkanes of at least 4 members (excludes halogenated alkanes) is 16. The van der Waals surface area contributed by atoms with E-state index in [2.05, 4.69) is 38.2 Å². The van der Waals surface area contributed by atoms with Gasteiger partial charge in [0.2, 0.25) is 0 Å². The quantitative estimate of drug-likeness (QED) is 0.0221. The van der Waals surface area contributed by atoms with E-state index in [1.165, 1.54) is 38.5 Å². The third kappa shape index (κ3) is 33.7. The van der Waals surface area contributed by atoms with Crippen LogP contribution in [0.15, 0.2) is 24.3 Å². The second kappa shape index (κ2) is 36.1. The number of esters is 2. The molecule has 3 unspecified atom stereocenters. The highest BCUT2D eigenvalue weighted by atomic mass is 16.6. The Morgan fingerprint density at radius 1 is 0.562 bits per heavy atom. The van der Waals surface area contributed by atoms with E-state index in [-0.39, 0.29) is 43.8 Å². The number of aliphatic hydroxyl groups is 2. The van der Waals surface area contributed by atoms with Crippen molar-refractivity contribution in [2.45, 2.75) is 199 Å². The van der Waals surface area contributed by atoms with Gasteiger partial charge in [-0.3, -0.25) is 14.4 Å². The molecule has 0 aliphatic heterocycles. The van der Waals surface area contributed by atoms with Crippen molar-refractivity contribution in [1.82, 2.24) is 0 Å². The number of ether oxygens (including phenoxy) is 3. The summed E-state index contributed by atoms with van der Waals surface area (Å²) in [5, 5.41) is 20.0. The first-order chi connectivity index (χ1) is 23.4. The first-order valence-corrected chi connectivity index (χ1v) is 19.5. The first-order valence-electron chi connectivity index (χ1n) is 19.5. The number of rotatable bonds is 36. The van der Waals surface area contributed by atoms with Crippen molar-refractivity contribution in [2.24, 2.45) is 0 Å². The lowest BCUT2D eigenvalue weighted by molar-refractivity contribution is -0.164. The fourth-order valence-electron chi connectivity index (χ4n) is 5.48. The van der Waals surface area contributed by atoms with Gasteiger partial charge in [-0.25, -0.2) is 0 Å². The van der Waals surface area contributed by atoms with E-state index in [4.69, 9.17) is 14.2 Å². The van der Waals surface area contributed by atoms with Gasteiger partial charge in [-0.15, -0.1) is 0 Å². The van der Waals surface area contributed by atoms with Crippen LogP contribution in [0, 0.1) is 0 Å². The number of hydrogen-bond donors (Lipinski definition) is 2. The van der Waals surface area contributed by atoms with Crippen LogP contribution in [0.2, 0.25) is 0 Å². The van der Waals surface area contributed by atoms with Crippen LogP contribution in [0.3, 0.4) is 0 Å². The first kappa shape index (κ1) is 45.8. The summed E-state index contributed by atoms with van der Waals surface area (Å²) in [6.45, 7) is 4.42. The maximum atomic E-state index is 12.3. The minimum Gasteiger partial charge on any atom is -0.464 e.